The predicted octanol–water partition coefficient (Wildman–Crippen LogP) is 4.71. The van der Waals surface area contributed by atoms with Crippen molar-refractivity contribution in [2.24, 2.45) is 0 Å². The van der Waals surface area contributed by atoms with E-state index in [0.29, 0.717) is 36.0 Å². The molecule has 0 unspecified atom stereocenters. The first-order valence-electron chi connectivity index (χ1n) is 11.3. The Kier molecular flexibility index (Phi) is 6.54. The Morgan fingerprint density at radius 2 is 1.91 bits per heavy atom. The van der Waals surface area contributed by atoms with Gasteiger partial charge in [0.05, 0.1) is 24.8 Å². The summed E-state index contributed by atoms with van der Waals surface area (Å²) in [6.45, 7) is 2.68. The fraction of sp³-hybridized carbons (Fsp3) is 0.320. The Bertz CT molecular complexity index is 1400. The van der Waals surface area contributed by atoms with Crippen molar-refractivity contribution in [2.45, 2.75) is 38.0 Å². The number of likely N-dealkylation sites (tertiary alicyclic amines) is 1. The van der Waals surface area contributed by atoms with Crippen LogP contribution in [0, 0.1) is 5.82 Å². The number of fused-ring (bicyclic) bond motifs is 1. The molecule has 5 rings (SSSR count). The van der Waals surface area contributed by atoms with Crippen LogP contribution in [0.3, 0.4) is 0 Å². The van der Waals surface area contributed by atoms with Crippen LogP contribution in [0.25, 0.3) is 10.9 Å². The molecule has 0 spiro atoms. The number of hydrogen-bond donors (Lipinski definition) is 1. The maximum absolute atomic E-state index is 14.3. The highest BCUT2D eigenvalue weighted by atomic mass is 79.9. The fourth-order valence-corrected chi connectivity index (χ4v) is 5.18. The van der Waals surface area contributed by atoms with Crippen molar-refractivity contribution in [1.82, 2.24) is 24.5 Å². The number of amides is 1. The maximum atomic E-state index is 14.3. The van der Waals surface area contributed by atoms with Gasteiger partial charge in [-0.05, 0) is 55.5 Å². The zero-order valence-corrected chi connectivity index (χ0v) is 22.2. The third-order valence-corrected chi connectivity index (χ3v) is 7.56. The van der Waals surface area contributed by atoms with E-state index in [9.17, 15) is 14.3 Å². The molecule has 1 aliphatic heterocycles. The molecule has 2 aromatic carbocycles. The summed E-state index contributed by atoms with van der Waals surface area (Å²) in [6.07, 6.45) is 4.68. The minimum absolute atomic E-state index is 0.0246. The summed E-state index contributed by atoms with van der Waals surface area (Å²) < 4.78 is 19.5. The molecule has 0 aliphatic carbocycles. The van der Waals surface area contributed by atoms with Gasteiger partial charge >= 0.3 is 0 Å². The second kappa shape index (κ2) is 9.48. The average Bonchev–Trinajstić information content (AvgIpc) is 3.43. The van der Waals surface area contributed by atoms with E-state index in [-0.39, 0.29) is 24.3 Å². The Morgan fingerprint density at radius 1 is 1.17 bits per heavy atom. The van der Waals surface area contributed by atoms with Crippen LogP contribution in [0.4, 0.5) is 4.39 Å². The lowest BCUT2D eigenvalue weighted by Gasteiger charge is -2.46. The van der Waals surface area contributed by atoms with Crippen molar-refractivity contribution in [1.29, 1.82) is 0 Å². The normalized spacial score (nSPS) is 15.9. The van der Waals surface area contributed by atoms with E-state index in [0.717, 1.165) is 21.1 Å². The monoisotopic (exact) mass is 603 g/mol. The number of benzene rings is 2. The van der Waals surface area contributed by atoms with Crippen molar-refractivity contribution >= 4 is 48.7 Å². The van der Waals surface area contributed by atoms with Gasteiger partial charge in [-0.15, -0.1) is 5.10 Å². The van der Waals surface area contributed by atoms with Crippen LogP contribution in [0.1, 0.15) is 30.6 Å². The van der Waals surface area contributed by atoms with Gasteiger partial charge in [-0.1, -0.05) is 49.2 Å². The van der Waals surface area contributed by atoms with Gasteiger partial charge in [0, 0.05) is 32.4 Å². The first-order valence-corrected chi connectivity index (χ1v) is 12.9. The first kappa shape index (κ1) is 24.1. The minimum Gasteiger partial charge on any atom is -0.386 e. The summed E-state index contributed by atoms with van der Waals surface area (Å²) in [5.41, 5.74) is 1.30. The van der Waals surface area contributed by atoms with Crippen LogP contribution in [-0.4, -0.2) is 54.2 Å². The van der Waals surface area contributed by atoms with Crippen LogP contribution >= 0.6 is 31.9 Å². The number of carbonyl (C=O) groups is 1. The van der Waals surface area contributed by atoms with Crippen LogP contribution < -0.4 is 0 Å². The number of carbonyl (C=O) groups excluding carboxylic acids is 1. The molecule has 7 nitrogen and oxygen atoms in total. The molecule has 4 aromatic rings. The zero-order chi connectivity index (χ0) is 24.7. The average molecular weight is 605 g/mol. The van der Waals surface area contributed by atoms with Gasteiger partial charge in [-0.3, -0.25) is 4.79 Å². The van der Waals surface area contributed by atoms with Crippen molar-refractivity contribution in [3.05, 3.63) is 80.9 Å². The molecule has 0 bridgehead atoms. The number of halogens is 3. The van der Waals surface area contributed by atoms with Gasteiger partial charge in [0.2, 0.25) is 5.91 Å². The number of nitrogens with zero attached hydrogens (tertiary/aromatic N) is 5. The fourth-order valence-electron chi connectivity index (χ4n) is 4.50. The summed E-state index contributed by atoms with van der Waals surface area (Å²) >= 11 is 6.75. The SMILES string of the molecule is C[C@H](c1ccc(Br)cc1F)n1cc(CCC2(O)CN(C(=O)Cn3ccc4ccc(Br)cc43)C2)nn1. The van der Waals surface area contributed by atoms with Crippen LogP contribution in [-0.2, 0) is 17.8 Å². The van der Waals surface area contributed by atoms with E-state index in [4.69, 9.17) is 0 Å². The second-order valence-electron chi connectivity index (χ2n) is 9.15. The lowest BCUT2D eigenvalue weighted by molar-refractivity contribution is -0.156. The van der Waals surface area contributed by atoms with Crippen molar-refractivity contribution in [2.75, 3.05) is 13.1 Å². The molecule has 1 saturated heterocycles. The molecule has 3 heterocycles. The number of rotatable bonds is 7. The Labute approximate surface area is 218 Å². The largest absolute Gasteiger partial charge is 0.386 e. The molecular formula is C25H24Br2FN5O2. The number of β-amino-alcohol motifs (C(OH)–C–C–N with tert-alkyl or cyclic N) is 1. The topological polar surface area (TPSA) is 76.2 Å². The highest BCUT2D eigenvalue weighted by Gasteiger charge is 2.43. The van der Waals surface area contributed by atoms with E-state index in [2.05, 4.69) is 42.2 Å². The van der Waals surface area contributed by atoms with Gasteiger partial charge in [-0.2, -0.15) is 0 Å². The molecule has 10 heteroatoms. The lowest BCUT2D eigenvalue weighted by atomic mass is 9.88. The zero-order valence-electron chi connectivity index (χ0n) is 19.0. The minimum atomic E-state index is -0.940. The van der Waals surface area contributed by atoms with E-state index in [1.807, 2.05) is 42.0 Å². The second-order valence-corrected chi connectivity index (χ2v) is 11.0. The van der Waals surface area contributed by atoms with Crippen LogP contribution in [0.5, 0.6) is 0 Å². The molecule has 182 valence electrons. The molecular weight excluding hydrogens is 581 g/mol. The van der Waals surface area contributed by atoms with Gasteiger partial charge in [-0.25, -0.2) is 9.07 Å². The van der Waals surface area contributed by atoms with Gasteiger partial charge in [0.25, 0.3) is 0 Å². The van der Waals surface area contributed by atoms with Crippen LogP contribution in [0.15, 0.2) is 63.8 Å². The van der Waals surface area contributed by atoms with Gasteiger partial charge in [0.15, 0.2) is 0 Å². The quantitative estimate of drug-likeness (QED) is 0.331. The molecule has 0 radical (unpaired) electrons. The molecule has 0 saturated carbocycles. The molecule has 1 amide bonds. The summed E-state index contributed by atoms with van der Waals surface area (Å²) in [4.78, 5) is 14.4. The summed E-state index contributed by atoms with van der Waals surface area (Å²) in [6, 6.07) is 12.6. The summed E-state index contributed by atoms with van der Waals surface area (Å²) in [5.74, 6) is -0.332. The third kappa shape index (κ3) is 5.05. The summed E-state index contributed by atoms with van der Waals surface area (Å²) in [5, 5.41) is 20.3. The smallest absolute Gasteiger partial charge is 0.242 e. The number of aromatic nitrogens is 4. The van der Waals surface area contributed by atoms with Gasteiger partial charge < -0.3 is 14.6 Å². The molecule has 1 N–H and O–H groups in total. The van der Waals surface area contributed by atoms with Crippen molar-refractivity contribution in [3.63, 3.8) is 0 Å². The van der Waals surface area contributed by atoms with Gasteiger partial charge in [0.1, 0.15) is 18.0 Å². The number of aryl methyl sites for hydroxylation is 1. The third-order valence-electron chi connectivity index (χ3n) is 6.58. The molecule has 1 fully saturated rings. The highest BCUT2D eigenvalue weighted by Crippen LogP contribution is 2.28. The number of aliphatic hydroxyl groups is 1. The molecule has 1 atom stereocenters. The predicted molar refractivity (Wildman–Crippen MR) is 137 cm³/mol. The highest BCUT2D eigenvalue weighted by molar-refractivity contribution is 9.10. The van der Waals surface area contributed by atoms with E-state index >= 15 is 0 Å². The molecule has 1 aliphatic rings. The Balaban J connectivity index is 1.15. The van der Waals surface area contributed by atoms with Crippen molar-refractivity contribution in [3.8, 4) is 0 Å². The van der Waals surface area contributed by atoms with E-state index < -0.39 is 5.60 Å². The Hall–Kier alpha value is -2.56. The van der Waals surface area contributed by atoms with Crippen LogP contribution in [0.2, 0.25) is 0 Å². The summed E-state index contributed by atoms with van der Waals surface area (Å²) in [7, 11) is 0. The molecule has 2 aromatic heterocycles. The van der Waals surface area contributed by atoms with Crippen molar-refractivity contribution < 1.29 is 14.3 Å². The number of hydrogen-bond acceptors (Lipinski definition) is 4. The first-order chi connectivity index (χ1) is 16.7. The lowest BCUT2D eigenvalue weighted by Crippen LogP contribution is -2.64. The Morgan fingerprint density at radius 3 is 2.69 bits per heavy atom. The van der Waals surface area contributed by atoms with E-state index in [1.54, 1.807) is 27.9 Å². The standard InChI is InChI=1S/C25H24Br2FN5O2/c1-16(21-5-4-18(26)10-22(21)28)33-12-20(29-30-33)6-8-25(35)14-32(15-25)24(34)13-31-9-7-17-2-3-19(27)11-23(17)31/h2-5,7,9-12,16,35H,6,8,13-15H2,1H3/t16-/m1/s1. The maximum Gasteiger partial charge on any atom is 0.242 e. The molecule has 35 heavy (non-hydrogen) atoms. The van der Waals surface area contributed by atoms with E-state index in [1.165, 1.54) is 6.07 Å².